The van der Waals surface area contributed by atoms with E-state index in [-0.39, 0.29) is 5.91 Å². The highest BCUT2D eigenvalue weighted by Crippen LogP contribution is 2.40. The largest absolute Gasteiger partial charge is 0.285 e. The summed E-state index contributed by atoms with van der Waals surface area (Å²) in [4.78, 5) is 12.4. The zero-order valence-electron chi connectivity index (χ0n) is 11.4. The first kappa shape index (κ1) is 15.4. The summed E-state index contributed by atoms with van der Waals surface area (Å²) in [5, 5.41) is 1.05. The van der Waals surface area contributed by atoms with Gasteiger partial charge in [-0.15, -0.1) is 4.28 Å². The molecule has 0 aromatic rings. The van der Waals surface area contributed by atoms with Gasteiger partial charge in [-0.05, 0) is 25.7 Å². The number of carbonyl (C=O) groups is 1. The van der Waals surface area contributed by atoms with Gasteiger partial charge >= 0.3 is 0 Å². The zero-order chi connectivity index (χ0) is 13.8. The van der Waals surface area contributed by atoms with E-state index in [0.717, 1.165) is 49.8 Å². The van der Waals surface area contributed by atoms with Crippen molar-refractivity contribution >= 4 is 16.0 Å². The Hall–Kier alpha value is -0.620. The second-order valence-corrected chi connectivity index (χ2v) is 6.63. The van der Waals surface area contributed by atoms with Gasteiger partial charge in [0.25, 0.3) is 16.0 Å². The van der Waals surface area contributed by atoms with Gasteiger partial charge < -0.3 is 0 Å². The van der Waals surface area contributed by atoms with Crippen LogP contribution in [-0.4, -0.2) is 32.2 Å². The van der Waals surface area contributed by atoms with Crippen LogP contribution in [0, 0.1) is 5.41 Å². The second kappa shape index (κ2) is 6.02. The van der Waals surface area contributed by atoms with E-state index in [0.29, 0.717) is 6.54 Å². The Morgan fingerprint density at radius 1 is 1.28 bits per heavy atom. The van der Waals surface area contributed by atoms with Crippen LogP contribution in [0.5, 0.6) is 0 Å². The molecule has 0 spiro atoms. The van der Waals surface area contributed by atoms with Crippen molar-refractivity contribution in [2.45, 2.75) is 52.4 Å². The van der Waals surface area contributed by atoms with Gasteiger partial charge in [0.05, 0.1) is 18.2 Å². The van der Waals surface area contributed by atoms with Crippen molar-refractivity contribution in [3.8, 4) is 0 Å². The molecular weight excluding hydrogens is 254 g/mol. The Bertz CT molecular complexity index is 379. The molecular formula is C12H23NO4S. The van der Waals surface area contributed by atoms with Crippen molar-refractivity contribution in [3.63, 3.8) is 0 Å². The maximum absolute atomic E-state index is 12.4. The topological polar surface area (TPSA) is 63.7 Å². The molecule has 6 heteroatoms. The van der Waals surface area contributed by atoms with Gasteiger partial charge in [0.15, 0.2) is 0 Å². The highest BCUT2D eigenvalue weighted by molar-refractivity contribution is 7.85. The third-order valence-electron chi connectivity index (χ3n) is 3.38. The summed E-state index contributed by atoms with van der Waals surface area (Å²) in [7, 11) is -3.63. The monoisotopic (exact) mass is 277 g/mol. The van der Waals surface area contributed by atoms with Crippen molar-refractivity contribution in [2.75, 3.05) is 12.8 Å². The van der Waals surface area contributed by atoms with Gasteiger partial charge in [-0.2, -0.15) is 8.42 Å². The van der Waals surface area contributed by atoms with Gasteiger partial charge in [0.1, 0.15) is 0 Å². The highest BCUT2D eigenvalue weighted by atomic mass is 32.2. The normalized spacial score (nSPS) is 20.2. The molecule has 5 nitrogen and oxygen atoms in total. The lowest BCUT2D eigenvalue weighted by molar-refractivity contribution is -0.177. The SMILES string of the molecule is CCCC1(CCC)CCCN(OS(C)(=O)=O)C1=O. The minimum atomic E-state index is -3.63. The maximum atomic E-state index is 12.4. The van der Waals surface area contributed by atoms with Gasteiger partial charge in [0, 0.05) is 0 Å². The molecule has 1 saturated heterocycles. The predicted octanol–water partition coefficient (Wildman–Crippen LogP) is 2.09. The smallest absolute Gasteiger partial charge is 0.272 e. The van der Waals surface area contributed by atoms with Crippen molar-refractivity contribution < 1.29 is 17.5 Å². The Labute approximate surface area is 110 Å². The van der Waals surface area contributed by atoms with Gasteiger partial charge in [-0.3, -0.25) is 4.79 Å². The number of hydrogen-bond acceptors (Lipinski definition) is 4. The average molecular weight is 277 g/mol. The van der Waals surface area contributed by atoms with Crippen LogP contribution in [0.15, 0.2) is 0 Å². The Balaban J connectivity index is 2.89. The fourth-order valence-corrected chi connectivity index (χ4v) is 3.28. The summed E-state index contributed by atoms with van der Waals surface area (Å²) in [5.74, 6) is -0.164. The van der Waals surface area contributed by atoms with Gasteiger partial charge in [-0.25, -0.2) is 5.06 Å². The number of rotatable bonds is 6. The summed E-state index contributed by atoms with van der Waals surface area (Å²) in [6.07, 6.45) is 6.01. The number of piperidine rings is 1. The molecule has 0 N–H and O–H groups in total. The first-order chi connectivity index (χ1) is 8.34. The summed E-state index contributed by atoms with van der Waals surface area (Å²) in [5.41, 5.74) is -0.424. The third kappa shape index (κ3) is 3.68. The first-order valence-electron chi connectivity index (χ1n) is 6.56. The van der Waals surface area contributed by atoms with Crippen LogP contribution in [0.3, 0.4) is 0 Å². The van der Waals surface area contributed by atoms with E-state index < -0.39 is 15.5 Å². The van der Waals surface area contributed by atoms with Crippen LogP contribution in [0.25, 0.3) is 0 Å². The molecule has 0 atom stereocenters. The summed E-state index contributed by atoms with van der Waals surface area (Å²) in [6.45, 7) is 4.45. The summed E-state index contributed by atoms with van der Waals surface area (Å²) in [6, 6.07) is 0. The molecule has 18 heavy (non-hydrogen) atoms. The van der Waals surface area contributed by atoms with Crippen LogP contribution >= 0.6 is 0 Å². The Morgan fingerprint density at radius 3 is 2.28 bits per heavy atom. The van der Waals surface area contributed by atoms with E-state index in [1.165, 1.54) is 0 Å². The highest BCUT2D eigenvalue weighted by Gasteiger charge is 2.43. The van der Waals surface area contributed by atoms with E-state index in [1.54, 1.807) is 0 Å². The molecule has 0 bridgehead atoms. The zero-order valence-corrected chi connectivity index (χ0v) is 12.3. The number of carbonyl (C=O) groups excluding carboxylic acids is 1. The van der Waals surface area contributed by atoms with Crippen LogP contribution in [0.1, 0.15) is 52.4 Å². The molecule has 1 aliphatic rings. The van der Waals surface area contributed by atoms with Crippen molar-refractivity contribution in [3.05, 3.63) is 0 Å². The average Bonchev–Trinajstić information content (AvgIpc) is 2.24. The maximum Gasteiger partial charge on any atom is 0.285 e. The molecule has 106 valence electrons. The minimum absolute atomic E-state index is 0.164. The molecule has 1 heterocycles. The molecule has 1 aliphatic heterocycles. The van der Waals surface area contributed by atoms with Crippen molar-refractivity contribution in [2.24, 2.45) is 5.41 Å². The second-order valence-electron chi connectivity index (χ2n) is 5.07. The fraction of sp³-hybridized carbons (Fsp3) is 0.917. The Morgan fingerprint density at radius 2 is 1.83 bits per heavy atom. The molecule has 1 fully saturated rings. The molecule has 0 aliphatic carbocycles. The van der Waals surface area contributed by atoms with Gasteiger partial charge in [0.2, 0.25) is 0 Å². The lowest BCUT2D eigenvalue weighted by atomic mass is 9.73. The quantitative estimate of drug-likeness (QED) is 0.745. The van der Waals surface area contributed by atoms with Crippen LogP contribution in [-0.2, 0) is 19.2 Å². The van der Waals surface area contributed by atoms with E-state index >= 15 is 0 Å². The number of amides is 1. The molecule has 0 aromatic carbocycles. The fourth-order valence-electron chi connectivity index (χ4n) is 2.81. The van der Waals surface area contributed by atoms with Crippen molar-refractivity contribution in [1.82, 2.24) is 5.06 Å². The lowest BCUT2D eigenvalue weighted by Gasteiger charge is -2.40. The summed E-state index contributed by atoms with van der Waals surface area (Å²) < 4.78 is 27.1. The van der Waals surface area contributed by atoms with E-state index in [9.17, 15) is 13.2 Å². The molecule has 1 rings (SSSR count). The van der Waals surface area contributed by atoms with E-state index in [4.69, 9.17) is 4.28 Å². The number of hydrogen-bond donors (Lipinski definition) is 0. The van der Waals surface area contributed by atoms with Gasteiger partial charge in [-0.1, -0.05) is 26.7 Å². The molecule has 0 unspecified atom stereocenters. The van der Waals surface area contributed by atoms with Crippen LogP contribution in [0.4, 0.5) is 0 Å². The molecule has 0 radical (unpaired) electrons. The van der Waals surface area contributed by atoms with E-state index in [2.05, 4.69) is 0 Å². The first-order valence-corrected chi connectivity index (χ1v) is 8.38. The molecule has 0 aromatic heterocycles. The van der Waals surface area contributed by atoms with Crippen molar-refractivity contribution in [1.29, 1.82) is 0 Å². The van der Waals surface area contributed by atoms with E-state index in [1.807, 2.05) is 13.8 Å². The van der Waals surface area contributed by atoms with Crippen LogP contribution in [0.2, 0.25) is 0 Å². The predicted molar refractivity (Wildman–Crippen MR) is 69.1 cm³/mol. The lowest BCUT2D eigenvalue weighted by Crippen LogP contribution is -2.49. The minimum Gasteiger partial charge on any atom is -0.272 e. The third-order valence-corrected chi connectivity index (χ3v) is 3.83. The van der Waals surface area contributed by atoms with Crippen LogP contribution < -0.4 is 0 Å². The molecule has 0 saturated carbocycles. The molecule has 1 amide bonds. The number of hydroxylamine groups is 2. The Kier molecular flexibility index (Phi) is 5.16. The standard InChI is InChI=1S/C12H23NO4S/c1-4-7-12(8-5-2)9-6-10-13(11(12)14)17-18(3,15)16/h4-10H2,1-3H3. The number of nitrogens with zero attached hydrogens (tertiary/aromatic N) is 1. The summed E-state index contributed by atoms with van der Waals surface area (Å²) >= 11 is 0.